The van der Waals surface area contributed by atoms with Gasteiger partial charge in [0.25, 0.3) is 0 Å². The summed E-state index contributed by atoms with van der Waals surface area (Å²) in [6, 6.07) is 29.2. The van der Waals surface area contributed by atoms with Gasteiger partial charge in [0, 0.05) is 17.2 Å². The van der Waals surface area contributed by atoms with E-state index in [2.05, 4.69) is 0 Å². The predicted octanol–water partition coefficient (Wildman–Crippen LogP) is 6.46. The zero-order chi connectivity index (χ0) is 22.1. The molecule has 0 aliphatic carbocycles. The molecule has 0 atom stereocenters. The molecule has 0 amide bonds. The van der Waals surface area contributed by atoms with Gasteiger partial charge in [-0.1, -0.05) is 84.9 Å². The first-order valence-corrected chi connectivity index (χ1v) is 10.5. The summed E-state index contributed by atoms with van der Waals surface area (Å²) in [6.45, 7) is 1.90. The number of hydrogen-bond donors (Lipinski definition) is 0. The SMILES string of the molecule is CCOC(=O)c1oc(=O)cc(-c2cccc3ccccc23)c1-c1cccc2ccccc12. The van der Waals surface area contributed by atoms with Crippen LogP contribution in [0.25, 0.3) is 43.8 Å². The molecule has 156 valence electrons. The van der Waals surface area contributed by atoms with Crippen molar-refractivity contribution in [2.75, 3.05) is 6.61 Å². The van der Waals surface area contributed by atoms with Gasteiger partial charge in [-0.25, -0.2) is 9.59 Å². The van der Waals surface area contributed by atoms with Crippen LogP contribution in [0.2, 0.25) is 0 Å². The van der Waals surface area contributed by atoms with Crippen molar-refractivity contribution in [3.8, 4) is 22.3 Å². The maximum absolute atomic E-state index is 12.9. The van der Waals surface area contributed by atoms with Crippen molar-refractivity contribution in [1.82, 2.24) is 0 Å². The highest BCUT2D eigenvalue weighted by Crippen LogP contribution is 2.40. The van der Waals surface area contributed by atoms with Gasteiger partial charge in [0.1, 0.15) is 0 Å². The molecule has 0 fully saturated rings. The van der Waals surface area contributed by atoms with Crippen LogP contribution in [-0.2, 0) is 4.74 Å². The third-order valence-electron chi connectivity index (χ3n) is 5.56. The molecule has 1 aromatic heterocycles. The molecule has 0 spiro atoms. The Balaban J connectivity index is 1.93. The van der Waals surface area contributed by atoms with Crippen molar-refractivity contribution in [3.63, 3.8) is 0 Å². The first-order chi connectivity index (χ1) is 15.7. The van der Waals surface area contributed by atoms with Gasteiger partial charge in [0.05, 0.1) is 6.61 Å². The molecule has 0 aliphatic rings. The van der Waals surface area contributed by atoms with Crippen molar-refractivity contribution >= 4 is 27.5 Å². The summed E-state index contributed by atoms with van der Waals surface area (Å²) >= 11 is 0. The van der Waals surface area contributed by atoms with E-state index in [0.29, 0.717) is 11.1 Å². The van der Waals surface area contributed by atoms with Crippen LogP contribution in [-0.4, -0.2) is 12.6 Å². The van der Waals surface area contributed by atoms with Crippen LogP contribution in [0.15, 0.2) is 100 Å². The molecule has 0 aliphatic heterocycles. The van der Waals surface area contributed by atoms with Crippen molar-refractivity contribution in [2.45, 2.75) is 6.92 Å². The number of ether oxygens (including phenoxy) is 1. The Hall–Kier alpha value is -4.18. The van der Waals surface area contributed by atoms with E-state index in [-0.39, 0.29) is 12.4 Å². The maximum Gasteiger partial charge on any atom is 0.375 e. The largest absolute Gasteiger partial charge is 0.460 e. The van der Waals surface area contributed by atoms with Gasteiger partial charge in [0.15, 0.2) is 0 Å². The van der Waals surface area contributed by atoms with Crippen LogP contribution < -0.4 is 5.63 Å². The summed E-state index contributed by atoms with van der Waals surface area (Å²) in [4.78, 5) is 25.5. The van der Waals surface area contributed by atoms with Crippen molar-refractivity contribution in [3.05, 3.63) is 107 Å². The van der Waals surface area contributed by atoms with Crippen LogP contribution in [0.5, 0.6) is 0 Å². The highest BCUT2D eigenvalue weighted by atomic mass is 16.5. The van der Waals surface area contributed by atoms with Crippen molar-refractivity contribution in [1.29, 1.82) is 0 Å². The zero-order valence-corrected chi connectivity index (χ0v) is 17.5. The summed E-state index contributed by atoms with van der Waals surface area (Å²) < 4.78 is 10.7. The number of benzene rings is 4. The number of carbonyl (C=O) groups excluding carboxylic acids is 1. The van der Waals surface area contributed by atoms with E-state index < -0.39 is 11.6 Å². The Kier molecular flexibility index (Phi) is 5.04. The molecule has 4 nitrogen and oxygen atoms in total. The van der Waals surface area contributed by atoms with Gasteiger partial charge in [-0.3, -0.25) is 0 Å². The lowest BCUT2D eigenvalue weighted by Gasteiger charge is -2.16. The predicted molar refractivity (Wildman–Crippen MR) is 127 cm³/mol. The minimum absolute atomic E-state index is 0.0846. The van der Waals surface area contributed by atoms with Crippen molar-refractivity contribution < 1.29 is 13.9 Å². The first-order valence-electron chi connectivity index (χ1n) is 10.5. The Morgan fingerprint density at radius 3 is 1.97 bits per heavy atom. The maximum atomic E-state index is 12.9. The summed E-state index contributed by atoms with van der Waals surface area (Å²) in [5.41, 5.74) is 2.25. The number of fused-ring (bicyclic) bond motifs is 2. The molecule has 0 saturated carbocycles. The molecular formula is C28H20O4. The van der Waals surface area contributed by atoms with Gasteiger partial charge < -0.3 is 9.15 Å². The fourth-order valence-corrected chi connectivity index (χ4v) is 4.22. The smallest absolute Gasteiger partial charge is 0.375 e. The minimum Gasteiger partial charge on any atom is -0.460 e. The van der Waals surface area contributed by atoms with Gasteiger partial charge >= 0.3 is 11.6 Å². The highest BCUT2D eigenvalue weighted by Gasteiger charge is 2.25. The fraction of sp³-hybridized carbons (Fsp3) is 0.0714. The van der Waals surface area contributed by atoms with Gasteiger partial charge in [-0.15, -0.1) is 0 Å². The Bertz CT molecular complexity index is 1520. The second-order valence-corrected chi connectivity index (χ2v) is 7.46. The fourth-order valence-electron chi connectivity index (χ4n) is 4.22. The van der Waals surface area contributed by atoms with Gasteiger partial charge in [0.2, 0.25) is 5.76 Å². The molecule has 0 bridgehead atoms. The second-order valence-electron chi connectivity index (χ2n) is 7.46. The highest BCUT2D eigenvalue weighted by molar-refractivity contribution is 6.09. The third-order valence-corrected chi connectivity index (χ3v) is 5.56. The van der Waals surface area contributed by atoms with E-state index in [1.165, 1.54) is 6.07 Å². The van der Waals surface area contributed by atoms with Crippen LogP contribution in [0, 0.1) is 0 Å². The Labute approximate surface area is 184 Å². The minimum atomic E-state index is -0.658. The van der Waals surface area contributed by atoms with E-state index in [1.54, 1.807) is 6.92 Å². The molecule has 0 N–H and O–H groups in total. The van der Waals surface area contributed by atoms with E-state index in [4.69, 9.17) is 9.15 Å². The monoisotopic (exact) mass is 420 g/mol. The molecule has 0 saturated heterocycles. The van der Waals surface area contributed by atoms with Gasteiger partial charge in [-0.2, -0.15) is 0 Å². The molecule has 32 heavy (non-hydrogen) atoms. The Morgan fingerprint density at radius 2 is 1.31 bits per heavy atom. The topological polar surface area (TPSA) is 56.5 Å². The summed E-state index contributed by atoms with van der Waals surface area (Å²) in [5.74, 6) is -0.742. The van der Waals surface area contributed by atoms with Gasteiger partial charge in [-0.05, 0) is 39.6 Å². The normalized spacial score (nSPS) is 11.0. The lowest BCUT2D eigenvalue weighted by Crippen LogP contribution is -2.12. The average molecular weight is 420 g/mol. The quantitative estimate of drug-likeness (QED) is 0.313. The molecule has 5 aromatic rings. The molecule has 0 radical (unpaired) electrons. The lowest BCUT2D eigenvalue weighted by molar-refractivity contribution is 0.0486. The van der Waals surface area contributed by atoms with Crippen LogP contribution in [0.4, 0.5) is 0 Å². The lowest BCUT2D eigenvalue weighted by atomic mass is 9.89. The van der Waals surface area contributed by atoms with E-state index >= 15 is 0 Å². The molecule has 4 heteroatoms. The average Bonchev–Trinajstić information content (AvgIpc) is 2.83. The molecule has 4 aromatic carbocycles. The molecule has 1 heterocycles. The standard InChI is InChI=1S/C28H20O4/c1-2-31-28(30)27-26(23-16-8-12-19-10-4-6-14-21(19)23)24(17-25(29)32-27)22-15-7-11-18-9-3-5-13-20(18)22/h3-17H,2H2,1H3. The third kappa shape index (κ3) is 3.36. The Morgan fingerprint density at radius 1 is 0.750 bits per heavy atom. The van der Waals surface area contributed by atoms with E-state index in [0.717, 1.165) is 32.7 Å². The molecular weight excluding hydrogens is 400 g/mol. The number of esters is 1. The first kappa shape index (κ1) is 19.8. The molecule has 5 rings (SSSR count). The zero-order valence-electron chi connectivity index (χ0n) is 17.5. The van der Waals surface area contributed by atoms with Crippen LogP contribution >= 0.6 is 0 Å². The number of rotatable bonds is 4. The number of carbonyl (C=O) groups is 1. The van der Waals surface area contributed by atoms with E-state index in [9.17, 15) is 9.59 Å². The van der Waals surface area contributed by atoms with E-state index in [1.807, 2.05) is 84.9 Å². The van der Waals surface area contributed by atoms with Crippen molar-refractivity contribution in [2.24, 2.45) is 0 Å². The molecule has 0 unspecified atom stereocenters. The second kappa shape index (κ2) is 8.16. The summed E-state index contributed by atoms with van der Waals surface area (Å²) in [6.07, 6.45) is 0. The summed E-state index contributed by atoms with van der Waals surface area (Å²) in [7, 11) is 0. The summed E-state index contributed by atoms with van der Waals surface area (Å²) in [5, 5.41) is 4.00. The van der Waals surface area contributed by atoms with Crippen LogP contribution in [0.1, 0.15) is 17.5 Å². The van der Waals surface area contributed by atoms with Crippen LogP contribution in [0.3, 0.4) is 0 Å². The number of hydrogen-bond acceptors (Lipinski definition) is 4.